The van der Waals surface area contributed by atoms with Gasteiger partial charge in [0.1, 0.15) is 0 Å². The van der Waals surface area contributed by atoms with Gasteiger partial charge in [0.15, 0.2) is 9.84 Å². The Bertz CT molecular complexity index is 580. The molecule has 5 heteroatoms. The lowest BCUT2D eigenvalue weighted by molar-refractivity contribution is 0.301. The zero-order valence-corrected chi connectivity index (χ0v) is 11.0. The van der Waals surface area contributed by atoms with E-state index in [-0.39, 0.29) is 12.4 Å². The van der Waals surface area contributed by atoms with E-state index in [1.54, 1.807) is 0 Å². The molecule has 98 valence electrons. The largest absolute Gasteiger partial charge is 0.395 e. The number of nitrogens with zero attached hydrogens (tertiary/aromatic N) is 1. The second kappa shape index (κ2) is 4.24. The molecule has 0 saturated heterocycles. The van der Waals surface area contributed by atoms with Gasteiger partial charge in [-0.15, -0.1) is 0 Å². The molecule has 0 spiro atoms. The molecule has 0 amide bonds. The van der Waals surface area contributed by atoms with Crippen molar-refractivity contribution >= 4 is 15.5 Å². The minimum absolute atomic E-state index is 0.100. The normalized spacial score (nSPS) is 20.6. The number of hydrogen-bond acceptors (Lipinski definition) is 4. The van der Waals surface area contributed by atoms with E-state index >= 15 is 0 Å². The van der Waals surface area contributed by atoms with Crippen LogP contribution in [-0.4, -0.2) is 39.0 Å². The van der Waals surface area contributed by atoms with Gasteiger partial charge in [0.25, 0.3) is 0 Å². The molecule has 0 aliphatic carbocycles. The standard InChI is InChI=1S/C13H17NO3S/c15-8-7-14-6-1-2-11-12(14)4-3-10-5-9-18(16,17)13(10)11/h3-4,15H,1-2,5-9H2. The van der Waals surface area contributed by atoms with E-state index in [1.165, 1.54) is 0 Å². The van der Waals surface area contributed by atoms with E-state index in [0.29, 0.717) is 17.9 Å². The fourth-order valence-corrected chi connectivity index (χ4v) is 4.90. The van der Waals surface area contributed by atoms with Crippen molar-refractivity contribution in [1.29, 1.82) is 0 Å². The summed E-state index contributed by atoms with van der Waals surface area (Å²) in [6, 6.07) is 3.96. The number of benzene rings is 1. The highest BCUT2D eigenvalue weighted by molar-refractivity contribution is 7.91. The van der Waals surface area contributed by atoms with Crippen LogP contribution in [0.3, 0.4) is 0 Å². The first-order chi connectivity index (χ1) is 8.63. The molecule has 2 aliphatic heterocycles. The van der Waals surface area contributed by atoms with Crippen LogP contribution in [0.1, 0.15) is 17.5 Å². The van der Waals surface area contributed by atoms with E-state index in [4.69, 9.17) is 5.11 Å². The van der Waals surface area contributed by atoms with Gasteiger partial charge in [-0.05, 0) is 36.5 Å². The fraction of sp³-hybridized carbons (Fsp3) is 0.538. The highest BCUT2D eigenvalue weighted by Gasteiger charge is 2.32. The number of aliphatic hydroxyl groups excluding tert-OH is 1. The van der Waals surface area contributed by atoms with Crippen LogP contribution < -0.4 is 4.90 Å². The van der Waals surface area contributed by atoms with E-state index in [2.05, 4.69) is 4.90 Å². The number of sulfone groups is 1. The number of aliphatic hydroxyl groups is 1. The van der Waals surface area contributed by atoms with Gasteiger partial charge in [-0.3, -0.25) is 0 Å². The summed E-state index contributed by atoms with van der Waals surface area (Å²) in [6.07, 6.45) is 2.43. The van der Waals surface area contributed by atoms with Gasteiger partial charge < -0.3 is 10.0 Å². The molecule has 0 radical (unpaired) electrons. The molecule has 0 fully saturated rings. The monoisotopic (exact) mass is 267 g/mol. The lowest BCUT2D eigenvalue weighted by atomic mass is 9.98. The van der Waals surface area contributed by atoms with Crippen molar-refractivity contribution in [2.75, 3.05) is 30.3 Å². The first kappa shape index (κ1) is 12.0. The third-order valence-electron chi connectivity index (χ3n) is 3.83. The van der Waals surface area contributed by atoms with Crippen molar-refractivity contribution in [3.63, 3.8) is 0 Å². The van der Waals surface area contributed by atoms with E-state index in [0.717, 1.165) is 36.2 Å². The molecule has 0 unspecified atom stereocenters. The summed E-state index contributed by atoms with van der Waals surface area (Å²) >= 11 is 0. The smallest absolute Gasteiger partial charge is 0.179 e. The van der Waals surface area contributed by atoms with Crippen LogP contribution in [0.2, 0.25) is 0 Å². The average Bonchev–Trinajstić information content (AvgIpc) is 2.66. The van der Waals surface area contributed by atoms with Gasteiger partial charge in [-0.1, -0.05) is 6.07 Å². The molecule has 4 nitrogen and oxygen atoms in total. The molecule has 0 bridgehead atoms. The Hall–Kier alpha value is -1.07. The second-order valence-corrected chi connectivity index (χ2v) is 6.98. The second-order valence-electron chi connectivity index (χ2n) is 4.93. The maximum absolute atomic E-state index is 12.1. The molecular weight excluding hydrogens is 250 g/mol. The Kier molecular flexibility index (Phi) is 2.83. The van der Waals surface area contributed by atoms with E-state index in [1.807, 2.05) is 12.1 Å². The van der Waals surface area contributed by atoms with Gasteiger partial charge in [0, 0.05) is 18.8 Å². The number of rotatable bonds is 2. The Morgan fingerprint density at radius 2 is 2.11 bits per heavy atom. The molecule has 0 aromatic heterocycles. The fourth-order valence-electron chi connectivity index (χ4n) is 3.05. The minimum Gasteiger partial charge on any atom is -0.395 e. The summed E-state index contributed by atoms with van der Waals surface area (Å²) in [5.41, 5.74) is 2.95. The molecule has 18 heavy (non-hydrogen) atoms. The van der Waals surface area contributed by atoms with Crippen LogP contribution in [0.25, 0.3) is 0 Å². The SMILES string of the molecule is O=S1(=O)CCc2ccc3c(c21)CCCN3CCO. The zero-order chi connectivity index (χ0) is 12.8. The number of hydrogen-bond donors (Lipinski definition) is 1. The van der Waals surface area contributed by atoms with Crippen molar-refractivity contribution in [3.8, 4) is 0 Å². The molecule has 0 saturated carbocycles. The molecule has 0 atom stereocenters. The van der Waals surface area contributed by atoms with Crippen LogP contribution in [-0.2, 0) is 22.7 Å². The quantitative estimate of drug-likeness (QED) is 0.859. The average molecular weight is 267 g/mol. The Labute approximate surface area is 107 Å². The Morgan fingerprint density at radius 3 is 2.89 bits per heavy atom. The predicted octanol–water partition coefficient (Wildman–Crippen LogP) is 0.761. The number of anilines is 1. The van der Waals surface area contributed by atoms with Gasteiger partial charge in [0.05, 0.1) is 17.3 Å². The van der Waals surface area contributed by atoms with Gasteiger partial charge in [0.2, 0.25) is 0 Å². The minimum atomic E-state index is -3.07. The highest BCUT2D eigenvalue weighted by Crippen LogP contribution is 2.38. The topological polar surface area (TPSA) is 57.6 Å². The molecule has 3 rings (SSSR count). The summed E-state index contributed by atoms with van der Waals surface area (Å²) in [7, 11) is -3.07. The molecule has 1 N–H and O–H groups in total. The van der Waals surface area contributed by atoms with Crippen LogP contribution >= 0.6 is 0 Å². The summed E-state index contributed by atoms with van der Waals surface area (Å²) in [6.45, 7) is 1.57. The molecule has 2 heterocycles. The van der Waals surface area contributed by atoms with Crippen LogP contribution in [0.4, 0.5) is 5.69 Å². The summed E-state index contributed by atoms with van der Waals surface area (Å²) in [5, 5.41) is 9.08. The predicted molar refractivity (Wildman–Crippen MR) is 69.8 cm³/mol. The van der Waals surface area contributed by atoms with Crippen molar-refractivity contribution in [2.45, 2.75) is 24.2 Å². The van der Waals surface area contributed by atoms with Crippen LogP contribution in [0, 0.1) is 0 Å². The van der Waals surface area contributed by atoms with Crippen molar-refractivity contribution in [3.05, 3.63) is 23.3 Å². The highest BCUT2D eigenvalue weighted by atomic mass is 32.2. The number of aryl methyl sites for hydroxylation is 1. The van der Waals surface area contributed by atoms with Crippen molar-refractivity contribution < 1.29 is 13.5 Å². The first-order valence-electron chi connectivity index (χ1n) is 6.37. The molecule has 1 aromatic carbocycles. The number of β-amino-alcohol motifs (C(OH)–C–C–N with tert-alkyl or cyclic N) is 1. The van der Waals surface area contributed by atoms with Crippen LogP contribution in [0.15, 0.2) is 17.0 Å². The maximum Gasteiger partial charge on any atom is 0.179 e. The first-order valence-corrected chi connectivity index (χ1v) is 8.02. The lowest BCUT2D eigenvalue weighted by Gasteiger charge is -2.31. The van der Waals surface area contributed by atoms with Crippen molar-refractivity contribution in [2.24, 2.45) is 0 Å². The Balaban J connectivity index is 2.16. The lowest BCUT2D eigenvalue weighted by Crippen LogP contribution is -2.32. The molecule has 1 aromatic rings. The maximum atomic E-state index is 12.1. The van der Waals surface area contributed by atoms with E-state index < -0.39 is 9.84 Å². The summed E-state index contributed by atoms with van der Waals surface area (Å²) in [5.74, 6) is 0.249. The zero-order valence-electron chi connectivity index (χ0n) is 10.2. The third-order valence-corrected chi connectivity index (χ3v) is 5.71. The van der Waals surface area contributed by atoms with E-state index in [9.17, 15) is 8.42 Å². The number of fused-ring (bicyclic) bond motifs is 3. The molecule has 2 aliphatic rings. The van der Waals surface area contributed by atoms with Gasteiger partial charge in [-0.2, -0.15) is 0 Å². The third kappa shape index (κ3) is 1.73. The van der Waals surface area contributed by atoms with Crippen molar-refractivity contribution in [1.82, 2.24) is 0 Å². The summed E-state index contributed by atoms with van der Waals surface area (Å²) < 4.78 is 24.2. The molecular formula is C13H17NO3S. The van der Waals surface area contributed by atoms with Gasteiger partial charge >= 0.3 is 0 Å². The van der Waals surface area contributed by atoms with Gasteiger partial charge in [-0.25, -0.2) is 8.42 Å². The Morgan fingerprint density at radius 1 is 1.28 bits per heavy atom. The van der Waals surface area contributed by atoms with Crippen LogP contribution in [0.5, 0.6) is 0 Å². The summed E-state index contributed by atoms with van der Waals surface area (Å²) in [4.78, 5) is 2.68.